The number of carboxylic acid groups (broad SMARTS) is 2. The van der Waals surface area contributed by atoms with Crippen LogP contribution >= 0.6 is 11.8 Å². The number of carboxylic acids is 2. The summed E-state index contributed by atoms with van der Waals surface area (Å²) in [4.78, 5) is 55.7. The quantitative estimate of drug-likeness (QED) is 0.199. The molecule has 0 saturated carbocycles. The molecule has 0 aliphatic rings. The second-order valence-electron chi connectivity index (χ2n) is 6.15. The molecule has 0 aliphatic heterocycles. The van der Waals surface area contributed by atoms with Gasteiger partial charge in [-0.15, -0.1) is 0 Å². The minimum absolute atomic E-state index is 0.0542. The molecule has 0 heterocycles. The molecular formula is C17H22N4O8S. The van der Waals surface area contributed by atoms with E-state index in [-0.39, 0.29) is 24.3 Å². The maximum atomic E-state index is 12.2. The first-order valence-corrected chi connectivity index (χ1v) is 9.84. The molecular weight excluding hydrogens is 420 g/mol. The number of hydrogen-bond donors (Lipinski definition) is 5. The summed E-state index contributed by atoms with van der Waals surface area (Å²) < 4.78 is 0. The molecule has 0 saturated heterocycles. The topological polar surface area (TPSA) is 202 Å². The molecule has 2 atom stereocenters. The number of nitrogens with two attached hydrogens (primary N) is 1. The largest absolute Gasteiger partial charge is 0.480 e. The van der Waals surface area contributed by atoms with Crippen LogP contribution in [0.15, 0.2) is 24.3 Å². The number of carbonyl (C=O) groups excluding carboxylic acids is 2. The highest BCUT2D eigenvalue weighted by Crippen LogP contribution is 2.17. The lowest BCUT2D eigenvalue weighted by Gasteiger charge is -2.18. The zero-order chi connectivity index (χ0) is 22.7. The van der Waals surface area contributed by atoms with Crippen LogP contribution in [0.25, 0.3) is 0 Å². The second-order valence-corrected chi connectivity index (χ2v) is 7.18. The van der Waals surface area contributed by atoms with Crippen molar-refractivity contribution in [3.05, 3.63) is 39.9 Å². The van der Waals surface area contributed by atoms with Gasteiger partial charge in [0.2, 0.25) is 11.8 Å². The summed E-state index contributed by atoms with van der Waals surface area (Å²) >= 11 is 1.25. The Balaban J connectivity index is 2.64. The summed E-state index contributed by atoms with van der Waals surface area (Å²) in [6, 6.07) is 3.56. The number of nitro benzene ring substituents is 1. The van der Waals surface area contributed by atoms with E-state index in [0.717, 1.165) is 5.56 Å². The fourth-order valence-corrected chi connectivity index (χ4v) is 3.17. The van der Waals surface area contributed by atoms with Crippen LogP contribution in [0.3, 0.4) is 0 Å². The van der Waals surface area contributed by atoms with Crippen LogP contribution in [0.5, 0.6) is 0 Å². The number of nitro groups is 1. The van der Waals surface area contributed by atoms with E-state index in [9.17, 15) is 29.3 Å². The molecule has 13 heteroatoms. The van der Waals surface area contributed by atoms with Gasteiger partial charge >= 0.3 is 11.9 Å². The number of nitrogens with zero attached hydrogens (tertiary/aromatic N) is 1. The van der Waals surface area contributed by atoms with Crippen molar-refractivity contribution >= 4 is 41.2 Å². The van der Waals surface area contributed by atoms with E-state index >= 15 is 0 Å². The smallest absolute Gasteiger partial charge is 0.322 e. The molecule has 12 nitrogen and oxygen atoms in total. The summed E-state index contributed by atoms with van der Waals surface area (Å²) in [6.07, 6.45) is -0.343. The lowest BCUT2D eigenvalue weighted by atomic mass is 10.1. The first-order valence-electron chi connectivity index (χ1n) is 8.68. The van der Waals surface area contributed by atoms with E-state index in [4.69, 9.17) is 15.9 Å². The number of rotatable bonds is 13. The molecule has 1 rings (SSSR count). The van der Waals surface area contributed by atoms with E-state index < -0.39 is 47.3 Å². The summed E-state index contributed by atoms with van der Waals surface area (Å²) in [5, 5.41) is 32.7. The summed E-state index contributed by atoms with van der Waals surface area (Å²) in [6.45, 7) is -0.623. The van der Waals surface area contributed by atoms with Gasteiger partial charge in [0.1, 0.15) is 18.6 Å². The van der Waals surface area contributed by atoms with Crippen molar-refractivity contribution in [2.75, 3.05) is 12.3 Å². The summed E-state index contributed by atoms with van der Waals surface area (Å²) in [5.74, 6) is -3.32. The summed E-state index contributed by atoms with van der Waals surface area (Å²) in [5.41, 5.74) is 6.04. The number of non-ortho nitro benzene ring substituents is 1. The fourth-order valence-electron chi connectivity index (χ4n) is 2.15. The number of thioether (sulfide) groups is 1. The Morgan fingerprint density at radius 2 is 1.80 bits per heavy atom. The highest BCUT2D eigenvalue weighted by atomic mass is 32.2. The number of aliphatic carboxylic acids is 2. The minimum Gasteiger partial charge on any atom is -0.480 e. The van der Waals surface area contributed by atoms with Crippen molar-refractivity contribution in [2.24, 2.45) is 5.73 Å². The van der Waals surface area contributed by atoms with Gasteiger partial charge in [-0.2, -0.15) is 11.8 Å². The Kier molecular flexibility index (Phi) is 10.3. The number of nitrogens with one attached hydrogen (secondary N) is 2. The van der Waals surface area contributed by atoms with Gasteiger partial charge in [-0.25, -0.2) is 0 Å². The van der Waals surface area contributed by atoms with Crippen molar-refractivity contribution in [2.45, 2.75) is 30.7 Å². The normalized spacial score (nSPS) is 12.4. The minimum atomic E-state index is -1.25. The van der Waals surface area contributed by atoms with Crippen molar-refractivity contribution in [3.8, 4) is 0 Å². The van der Waals surface area contributed by atoms with Crippen molar-refractivity contribution in [1.29, 1.82) is 0 Å². The zero-order valence-electron chi connectivity index (χ0n) is 15.8. The van der Waals surface area contributed by atoms with Crippen LogP contribution in [0, 0.1) is 10.1 Å². The Hall–Kier alpha value is -3.19. The lowest BCUT2D eigenvalue weighted by Crippen LogP contribution is -2.49. The fraction of sp³-hybridized carbons (Fsp3) is 0.412. The Bertz CT molecular complexity index is 786. The number of benzene rings is 1. The number of carbonyl (C=O) groups is 4. The van der Waals surface area contributed by atoms with Crippen LogP contribution < -0.4 is 16.4 Å². The van der Waals surface area contributed by atoms with E-state index in [1.165, 1.54) is 23.9 Å². The van der Waals surface area contributed by atoms with E-state index in [2.05, 4.69) is 10.6 Å². The zero-order valence-corrected chi connectivity index (χ0v) is 16.6. The first-order chi connectivity index (χ1) is 14.1. The molecule has 0 radical (unpaired) electrons. The van der Waals surface area contributed by atoms with Gasteiger partial charge in [0, 0.05) is 30.1 Å². The monoisotopic (exact) mass is 442 g/mol. The van der Waals surface area contributed by atoms with Gasteiger partial charge in [-0.05, 0) is 12.0 Å². The standard InChI is InChI=1S/C17H22N4O8S/c18-12(17(26)27)5-6-14(22)20-13(16(25)19-7-15(23)24)9-30-8-10-1-3-11(4-2-10)21(28)29/h1-4,12-13H,5-9,18H2,(H,19,25)(H,20,22)(H,23,24)(H,26,27). The molecule has 0 aliphatic carbocycles. The SMILES string of the molecule is NC(CCC(=O)NC(CSCc1ccc([N+](=O)[O-])cc1)C(=O)NCC(=O)O)C(=O)O. The maximum Gasteiger partial charge on any atom is 0.322 e. The Labute approximate surface area is 175 Å². The van der Waals surface area contributed by atoms with E-state index in [1.807, 2.05) is 0 Å². The second kappa shape index (κ2) is 12.4. The predicted octanol–water partition coefficient (Wildman–Crippen LogP) is -0.294. The molecule has 1 aromatic rings. The van der Waals surface area contributed by atoms with Crippen LogP contribution in [-0.4, -0.2) is 63.3 Å². The van der Waals surface area contributed by atoms with Crippen LogP contribution in [0.2, 0.25) is 0 Å². The molecule has 0 spiro atoms. The van der Waals surface area contributed by atoms with E-state index in [1.54, 1.807) is 12.1 Å². The Morgan fingerprint density at radius 3 is 2.33 bits per heavy atom. The van der Waals surface area contributed by atoms with Crippen molar-refractivity contribution in [1.82, 2.24) is 10.6 Å². The van der Waals surface area contributed by atoms with Gasteiger partial charge in [-0.3, -0.25) is 29.3 Å². The van der Waals surface area contributed by atoms with E-state index in [0.29, 0.717) is 5.75 Å². The lowest BCUT2D eigenvalue weighted by molar-refractivity contribution is -0.384. The molecule has 2 unspecified atom stereocenters. The van der Waals surface area contributed by atoms with Gasteiger partial charge in [-0.1, -0.05) is 12.1 Å². The first kappa shape index (κ1) is 24.8. The van der Waals surface area contributed by atoms with Gasteiger partial charge in [0.25, 0.3) is 5.69 Å². The molecule has 30 heavy (non-hydrogen) atoms. The van der Waals surface area contributed by atoms with Crippen molar-refractivity contribution < 1.29 is 34.3 Å². The van der Waals surface area contributed by atoms with Crippen LogP contribution in [-0.2, 0) is 24.9 Å². The molecule has 0 aromatic heterocycles. The van der Waals surface area contributed by atoms with Crippen LogP contribution in [0.4, 0.5) is 5.69 Å². The molecule has 0 fully saturated rings. The van der Waals surface area contributed by atoms with Crippen molar-refractivity contribution in [3.63, 3.8) is 0 Å². The summed E-state index contributed by atoms with van der Waals surface area (Å²) in [7, 11) is 0. The third-order valence-electron chi connectivity index (χ3n) is 3.77. The number of hydrogen-bond acceptors (Lipinski definition) is 8. The predicted molar refractivity (Wildman–Crippen MR) is 107 cm³/mol. The van der Waals surface area contributed by atoms with Crippen LogP contribution in [0.1, 0.15) is 18.4 Å². The molecule has 6 N–H and O–H groups in total. The van der Waals surface area contributed by atoms with Gasteiger partial charge in [0.05, 0.1) is 4.92 Å². The highest BCUT2D eigenvalue weighted by molar-refractivity contribution is 7.98. The van der Waals surface area contributed by atoms with Gasteiger partial charge in [0.15, 0.2) is 0 Å². The molecule has 1 aromatic carbocycles. The third-order valence-corrected chi connectivity index (χ3v) is 4.87. The average Bonchev–Trinajstić information content (AvgIpc) is 2.69. The number of amides is 2. The maximum absolute atomic E-state index is 12.2. The molecule has 0 bridgehead atoms. The molecule has 2 amide bonds. The van der Waals surface area contributed by atoms with Gasteiger partial charge < -0.3 is 26.6 Å². The Morgan fingerprint density at radius 1 is 1.17 bits per heavy atom. The third kappa shape index (κ3) is 9.34. The highest BCUT2D eigenvalue weighted by Gasteiger charge is 2.22. The average molecular weight is 442 g/mol. The molecule has 164 valence electrons.